The fourth-order valence-electron chi connectivity index (χ4n) is 2.15. The number of amides is 1. The van der Waals surface area contributed by atoms with Crippen molar-refractivity contribution in [2.24, 2.45) is 5.73 Å². The Labute approximate surface area is 102 Å². The number of benzene rings is 1. The van der Waals surface area contributed by atoms with Gasteiger partial charge in [-0.2, -0.15) is 0 Å². The van der Waals surface area contributed by atoms with E-state index in [1.807, 2.05) is 12.1 Å². The normalized spacial score (nSPS) is 19.2. The maximum atomic E-state index is 10.9. The van der Waals surface area contributed by atoms with Gasteiger partial charge in [-0.3, -0.25) is 4.79 Å². The Balaban J connectivity index is 1.76. The van der Waals surface area contributed by atoms with Crippen LogP contribution >= 0.6 is 0 Å². The second kappa shape index (κ2) is 5.68. The zero-order chi connectivity index (χ0) is 12.1. The van der Waals surface area contributed by atoms with Crippen molar-refractivity contribution >= 4 is 11.6 Å². The molecule has 0 aromatic heterocycles. The molecule has 4 N–H and O–H groups in total. The minimum absolute atomic E-state index is 0.383. The van der Waals surface area contributed by atoms with Gasteiger partial charge in [0.25, 0.3) is 0 Å². The molecule has 1 saturated heterocycles. The van der Waals surface area contributed by atoms with E-state index in [0.717, 1.165) is 25.2 Å². The number of nitrogens with one attached hydrogen (secondary N) is 2. The molecular formula is C13H19N3O. The maximum Gasteiger partial charge on any atom is 0.248 e. The van der Waals surface area contributed by atoms with Crippen molar-refractivity contribution in [3.05, 3.63) is 29.8 Å². The van der Waals surface area contributed by atoms with Crippen LogP contribution in [0.2, 0.25) is 0 Å². The summed E-state index contributed by atoms with van der Waals surface area (Å²) in [6.45, 7) is 2.10. The topological polar surface area (TPSA) is 67.2 Å². The third-order valence-electron chi connectivity index (χ3n) is 3.15. The minimum Gasteiger partial charge on any atom is -0.385 e. The van der Waals surface area contributed by atoms with Crippen molar-refractivity contribution in [3.63, 3.8) is 0 Å². The van der Waals surface area contributed by atoms with Crippen molar-refractivity contribution < 1.29 is 4.79 Å². The van der Waals surface area contributed by atoms with Gasteiger partial charge in [0.15, 0.2) is 0 Å². The van der Waals surface area contributed by atoms with E-state index in [2.05, 4.69) is 10.6 Å². The molecule has 2 rings (SSSR count). The summed E-state index contributed by atoms with van der Waals surface area (Å²) in [4.78, 5) is 10.9. The molecule has 4 heteroatoms. The molecule has 1 aliphatic rings. The molecule has 0 saturated carbocycles. The molecule has 0 aliphatic carbocycles. The SMILES string of the molecule is NC(=O)c1ccc(NCC[C@@H]2CCCN2)cc1. The number of carbonyl (C=O) groups is 1. The Kier molecular flexibility index (Phi) is 3.98. The highest BCUT2D eigenvalue weighted by molar-refractivity contribution is 5.93. The molecule has 92 valence electrons. The molecule has 17 heavy (non-hydrogen) atoms. The van der Waals surface area contributed by atoms with Crippen LogP contribution in [0, 0.1) is 0 Å². The zero-order valence-corrected chi connectivity index (χ0v) is 9.91. The average molecular weight is 233 g/mol. The van der Waals surface area contributed by atoms with Crippen LogP contribution in [0.5, 0.6) is 0 Å². The fraction of sp³-hybridized carbons (Fsp3) is 0.462. The van der Waals surface area contributed by atoms with Gasteiger partial charge >= 0.3 is 0 Å². The van der Waals surface area contributed by atoms with Crippen LogP contribution < -0.4 is 16.4 Å². The van der Waals surface area contributed by atoms with Crippen LogP contribution in [0.25, 0.3) is 0 Å². The average Bonchev–Trinajstić information content (AvgIpc) is 2.83. The van der Waals surface area contributed by atoms with Crippen LogP contribution in [0.1, 0.15) is 29.6 Å². The lowest BCUT2D eigenvalue weighted by molar-refractivity contribution is 0.100. The van der Waals surface area contributed by atoms with E-state index in [0.29, 0.717) is 11.6 Å². The first kappa shape index (κ1) is 11.9. The lowest BCUT2D eigenvalue weighted by atomic mass is 10.1. The van der Waals surface area contributed by atoms with E-state index in [1.54, 1.807) is 12.1 Å². The lowest BCUT2D eigenvalue weighted by Gasteiger charge is -2.11. The molecule has 1 fully saturated rings. The predicted octanol–water partition coefficient (Wildman–Crippen LogP) is 1.34. The van der Waals surface area contributed by atoms with Crippen LogP contribution in [-0.4, -0.2) is 25.0 Å². The van der Waals surface area contributed by atoms with Gasteiger partial charge in [-0.25, -0.2) is 0 Å². The maximum absolute atomic E-state index is 10.9. The van der Waals surface area contributed by atoms with Gasteiger partial charge in [0.1, 0.15) is 0 Å². The first-order chi connectivity index (χ1) is 8.25. The highest BCUT2D eigenvalue weighted by Gasteiger charge is 2.12. The number of hydrogen-bond acceptors (Lipinski definition) is 3. The number of rotatable bonds is 5. The van der Waals surface area contributed by atoms with Crippen LogP contribution in [0.15, 0.2) is 24.3 Å². The molecule has 1 aliphatic heterocycles. The first-order valence-electron chi connectivity index (χ1n) is 6.13. The molecule has 1 aromatic carbocycles. The molecule has 1 atom stereocenters. The molecular weight excluding hydrogens is 214 g/mol. The number of nitrogens with two attached hydrogens (primary N) is 1. The molecule has 0 spiro atoms. The molecule has 1 amide bonds. The fourth-order valence-corrected chi connectivity index (χ4v) is 2.15. The summed E-state index contributed by atoms with van der Waals surface area (Å²) < 4.78 is 0. The Hall–Kier alpha value is -1.55. The van der Waals surface area contributed by atoms with Gasteiger partial charge in [-0.15, -0.1) is 0 Å². The smallest absolute Gasteiger partial charge is 0.248 e. The van der Waals surface area contributed by atoms with E-state index in [4.69, 9.17) is 5.73 Å². The number of hydrogen-bond donors (Lipinski definition) is 3. The Morgan fingerprint density at radius 3 is 2.76 bits per heavy atom. The molecule has 0 unspecified atom stereocenters. The summed E-state index contributed by atoms with van der Waals surface area (Å²) in [5.41, 5.74) is 6.76. The zero-order valence-electron chi connectivity index (χ0n) is 9.91. The largest absolute Gasteiger partial charge is 0.385 e. The molecule has 0 bridgehead atoms. The molecule has 1 heterocycles. The Morgan fingerprint density at radius 1 is 1.41 bits per heavy atom. The predicted molar refractivity (Wildman–Crippen MR) is 69.1 cm³/mol. The van der Waals surface area contributed by atoms with E-state index in [9.17, 15) is 4.79 Å². The number of primary amides is 1. The summed E-state index contributed by atoms with van der Waals surface area (Å²) in [5.74, 6) is -0.383. The second-order valence-electron chi connectivity index (χ2n) is 4.45. The van der Waals surface area contributed by atoms with E-state index in [-0.39, 0.29) is 5.91 Å². The van der Waals surface area contributed by atoms with Crippen LogP contribution in [-0.2, 0) is 0 Å². The summed E-state index contributed by atoms with van der Waals surface area (Å²) >= 11 is 0. The second-order valence-corrected chi connectivity index (χ2v) is 4.45. The third-order valence-corrected chi connectivity index (χ3v) is 3.15. The summed E-state index contributed by atoms with van der Waals surface area (Å²) in [7, 11) is 0. The molecule has 4 nitrogen and oxygen atoms in total. The van der Waals surface area contributed by atoms with Crippen molar-refractivity contribution in [2.75, 3.05) is 18.4 Å². The number of carbonyl (C=O) groups excluding carboxylic acids is 1. The highest BCUT2D eigenvalue weighted by Crippen LogP contribution is 2.11. The minimum atomic E-state index is -0.383. The summed E-state index contributed by atoms with van der Waals surface area (Å²) in [5, 5.41) is 6.81. The summed E-state index contributed by atoms with van der Waals surface area (Å²) in [6, 6.07) is 7.94. The Bertz CT molecular complexity index is 369. The Morgan fingerprint density at radius 2 is 2.18 bits per heavy atom. The van der Waals surface area contributed by atoms with Crippen molar-refractivity contribution in [2.45, 2.75) is 25.3 Å². The van der Waals surface area contributed by atoms with E-state index in [1.165, 1.54) is 12.8 Å². The van der Waals surface area contributed by atoms with Gasteiger partial charge in [-0.1, -0.05) is 0 Å². The van der Waals surface area contributed by atoms with Crippen LogP contribution in [0.3, 0.4) is 0 Å². The van der Waals surface area contributed by atoms with Crippen molar-refractivity contribution in [1.29, 1.82) is 0 Å². The van der Waals surface area contributed by atoms with Gasteiger partial charge in [-0.05, 0) is 50.1 Å². The summed E-state index contributed by atoms with van der Waals surface area (Å²) in [6.07, 6.45) is 3.71. The monoisotopic (exact) mass is 233 g/mol. The van der Waals surface area contributed by atoms with Crippen molar-refractivity contribution in [3.8, 4) is 0 Å². The number of anilines is 1. The van der Waals surface area contributed by atoms with E-state index >= 15 is 0 Å². The van der Waals surface area contributed by atoms with Crippen molar-refractivity contribution in [1.82, 2.24) is 5.32 Å². The third kappa shape index (κ3) is 3.46. The van der Waals surface area contributed by atoms with Gasteiger partial charge in [0.05, 0.1) is 0 Å². The van der Waals surface area contributed by atoms with Gasteiger partial charge in [0.2, 0.25) is 5.91 Å². The molecule has 0 radical (unpaired) electrons. The van der Waals surface area contributed by atoms with Gasteiger partial charge < -0.3 is 16.4 Å². The van der Waals surface area contributed by atoms with Gasteiger partial charge in [0, 0.05) is 23.8 Å². The highest BCUT2D eigenvalue weighted by atomic mass is 16.1. The first-order valence-corrected chi connectivity index (χ1v) is 6.13. The quantitative estimate of drug-likeness (QED) is 0.719. The molecule has 1 aromatic rings. The van der Waals surface area contributed by atoms with E-state index < -0.39 is 0 Å². The standard InChI is InChI=1S/C13H19N3O/c14-13(17)10-3-5-12(6-4-10)16-9-7-11-2-1-8-15-11/h3-6,11,15-16H,1-2,7-9H2,(H2,14,17)/t11-/m0/s1. The lowest BCUT2D eigenvalue weighted by Crippen LogP contribution is -2.24. The van der Waals surface area contributed by atoms with Crippen LogP contribution in [0.4, 0.5) is 5.69 Å².